The predicted octanol–water partition coefficient (Wildman–Crippen LogP) is 2.46. The lowest BCUT2D eigenvalue weighted by atomic mass is 9.96. The Hall–Kier alpha value is -1.32. The highest BCUT2D eigenvalue weighted by atomic mass is 15.1. The fourth-order valence-corrected chi connectivity index (χ4v) is 3.08. The van der Waals surface area contributed by atoms with E-state index in [4.69, 9.17) is 5.73 Å². The van der Waals surface area contributed by atoms with Gasteiger partial charge in [-0.05, 0) is 32.1 Å². The van der Waals surface area contributed by atoms with E-state index in [1.807, 2.05) is 0 Å². The Morgan fingerprint density at radius 1 is 1.06 bits per heavy atom. The normalized spacial score (nSPS) is 20.7. The van der Waals surface area contributed by atoms with Crippen LogP contribution in [-0.4, -0.2) is 16.5 Å². The van der Waals surface area contributed by atoms with Crippen molar-refractivity contribution in [3.8, 4) is 0 Å². The molecule has 4 nitrogen and oxygen atoms in total. The van der Waals surface area contributed by atoms with Gasteiger partial charge >= 0.3 is 0 Å². The summed E-state index contributed by atoms with van der Waals surface area (Å²) in [4.78, 5) is 8.90. The van der Waals surface area contributed by atoms with Crippen molar-refractivity contribution in [2.24, 2.45) is 0 Å². The summed E-state index contributed by atoms with van der Waals surface area (Å²) in [6, 6.07) is 0. The van der Waals surface area contributed by atoms with Crippen LogP contribution < -0.4 is 11.1 Å². The van der Waals surface area contributed by atoms with Gasteiger partial charge in [0.15, 0.2) is 0 Å². The summed E-state index contributed by atoms with van der Waals surface area (Å²) in [5, 5.41) is 3.40. The number of rotatable bonds is 1. The first-order valence-corrected chi connectivity index (χ1v) is 6.75. The van der Waals surface area contributed by atoms with Crippen LogP contribution >= 0.6 is 0 Å². The fraction of sp³-hybridized carbons (Fsp3) is 0.692. The number of hydrogen-bond donors (Lipinski definition) is 2. The van der Waals surface area contributed by atoms with E-state index in [1.54, 1.807) is 0 Å². The third-order valence-corrected chi connectivity index (χ3v) is 3.94. The lowest BCUT2D eigenvalue weighted by Crippen LogP contribution is -2.11. The van der Waals surface area contributed by atoms with E-state index in [2.05, 4.69) is 15.3 Å². The lowest BCUT2D eigenvalue weighted by molar-refractivity contribution is 0.677. The second-order valence-electron chi connectivity index (χ2n) is 5.16. The number of aromatic nitrogens is 2. The van der Waals surface area contributed by atoms with Gasteiger partial charge in [0.25, 0.3) is 0 Å². The van der Waals surface area contributed by atoms with Gasteiger partial charge in [0.2, 0.25) is 5.95 Å². The van der Waals surface area contributed by atoms with Gasteiger partial charge in [0.05, 0.1) is 5.69 Å². The van der Waals surface area contributed by atoms with Crippen molar-refractivity contribution in [2.75, 3.05) is 17.6 Å². The number of fused-ring (bicyclic) bond motifs is 1. The maximum absolute atomic E-state index is 5.84. The maximum Gasteiger partial charge on any atom is 0.222 e. The minimum Gasteiger partial charge on any atom is -0.370 e. The number of nitrogens with zero attached hydrogens (tertiary/aromatic N) is 2. The molecular weight excluding hydrogens is 212 g/mol. The molecule has 1 aromatic heterocycles. The smallest absolute Gasteiger partial charge is 0.222 e. The van der Waals surface area contributed by atoms with E-state index in [-0.39, 0.29) is 0 Å². The van der Waals surface area contributed by atoms with Gasteiger partial charge < -0.3 is 11.1 Å². The first kappa shape index (κ1) is 10.8. The average Bonchev–Trinajstić information content (AvgIpc) is 2.74. The zero-order valence-corrected chi connectivity index (χ0v) is 10.2. The quantitative estimate of drug-likeness (QED) is 0.780. The molecule has 1 aliphatic heterocycles. The van der Waals surface area contributed by atoms with Gasteiger partial charge in [-0.15, -0.1) is 0 Å². The molecule has 0 bridgehead atoms. The van der Waals surface area contributed by atoms with Crippen molar-refractivity contribution >= 4 is 11.8 Å². The summed E-state index contributed by atoms with van der Waals surface area (Å²) in [6.07, 6.45) is 8.74. The van der Waals surface area contributed by atoms with Crippen LogP contribution in [0.25, 0.3) is 0 Å². The van der Waals surface area contributed by atoms with E-state index in [1.165, 1.54) is 49.8 Å². The molecule has 0 radical (unpaired) electrons. The van der Waals surface area contributed by atoms with Crippen LogP contribution in [0.4, 0.5) is 11.8 Å². The van der Waals surface area contributed by atoms with Gasteiger partial charge in [-0.25, -0.2) is 4.98 Å². The standard InChI is InChI=1S/C13H20N4/c14-13-16-11(9-5-1-2-6-9)10-7-3-4-8-15-12(10)17-13/h9H,1-8H2,(H3,14,15,16,17). The molecule has 0 spiro atoms. The van der Waals surface area contributed by atoms with Crippen LogP contribution in [0.2, 0.25) is 0 Å². The van der Waals surface area contributed by atoms with Crippen LogP contribution in [0, 0.1) is 0 Å². The van der Waals surface area contributed by atoms with Crippen LogP contribution in [0.15, 0.2) is 0 Å². The molecule has 0 aromatic carbocycles. The van der Waals surface area contributed by atoms with Crippen molar-refractivity contribution in [2.45, 2.75) is 50.9 Å². The van der Waals surface area contributed by atoms with E-state index in [0.29, 0.717) is 11.9 Å². The van der Waals surface area contributed by atoms with E-state index in [0.717, 1.165) is 18.8 Å². The zero-order chi connectivity index (χ0) is 11.7. The number of hydrogen-bond acceptors (Lipinski definition) is 4. The summed E-state index contributed by atoms with van der Waals surface area (Å²) < 4.78 is 0. The third-order valence-electron chi connectivity index (χ3n) is 3.94. The highest BCUT2D eigenvalue weighted by molar-refractivity contribution is 5.51. The number of nitrogens with one attached hydrogen (secondary N) is 1. The van der Waals surface area contributed by atoms with E-state index in [9.17, 15) is 0 Å². The first-order chi connectivity index (χ1) is 8.34. The number of nitrogen functional groups attached to an aromatic ring is 1. The van der Waals surface area contributed by atoms with Crippen molar-refractivity contribution in [3.05, 3.63) is 11.3 Å². The van der Waals surface area contributed by atoms with Gasteiger partial charge in [-0.1, -0.05) is 12.8 Å². The zero-order valence-electron chi connectivity index (χ0n) is 10.2. The van der Waals surface area contributed by atoms with Crippen molar-refractivity contribution in [1.29, 1.82) is 0 Å². The van der Waals surface area contributed by atoms with Crippen LogP contribution in [-0.2, 0) is 6.42 Å². The molecular formula is C13H20N4. The maximum atomic E-state index is 5.84. The Morgan fingerprint density at radius 2 is 1.88 bits per heavy atom. The Morgan fingerprint density at radius 3 is 2.71 bits per heavy atom. The predicted molar refractivity (Wildman–Crippen MR) is 69.1 cm³/mol. The molecule has 3 rings (SSSR count). The molecule has 17 heavy (non-hydrogen) atoms. The Labute approximate surface area is 102 Å². The fourth-order valence-electron chi connectivity index (χ4n) is 3.08. The minimum absolute atomic E-state index is 0.431. The molecule has 4 heteroatoms. The van der Waals surface area contributed by atoms with Crippen LogP contribution in [0.1, 0.15) is 55.7 Å². The molecule has 2 heterocycles. The lowest BCUT2D eigenvalue weighted by Gasteiger charge is -2.16. The molecule has 0 saturated heterocycles. The molecule has 1 saturated carbocycles. The summed E-state index contributed by atoms with van der Waals surface area (Å²) in [5.41, 5.74) is 8.41. The third kappa shape index (κ3) is 2.08. The highest BCUT2D eigenvalue weighted by Crippen LogP contribution is 2.37. The molecule has 92 valence electrons. The summed E-state index contributed by atoms with van der Waals surface area (Å²) in [7, 11) is 0. The SMILES string of the molecule is Nc1nc2c(c(C3CCCC3)n1)CCCCN2. The Kier molecular flexibility index (Phi) is 2.87. The van der Waals surface area contributed by atoms with E-state index >= 15 is 0 Å². The Balaban J connectivity index is 2.03. The van der Waals surface area contributed by atoms with Gasteiger partial charge in [-0.3, -0.25) is 0 Å². The summed E-state index contributed by atoms with van der Waals surface area (Å²) in [6.45, 7) is 1.01. The molecule has 1 fully saturated rings. The molecule has 1 aliphatic carbocycles. The number of nitrogens with two attached hydrogens (primary N) is 1. The highest BCUT2D eigenvalue weighted by Gasteiger charge is 2.24. The molecule has 0 unspecified atom stereocenters. The van der Waals surface area contributed by atoms with Crippen molar-refractivity contribution < 1.29 is 0 Å². The van der Waals surface area contributed by atoms with Gasteiger partial charge in [-0.2, -0.15) is 4.98 Å². The second kappa shape index (κ2) is 4.51. The molecule has 2 aliphatic rings. The van der Waals surface area contributed by atoms with Crippen molar-refractivity contribution in [3.63, 3.8) is 0 Å². The number of anilines is 2. The van der Waals surface area contributed by atoms with Gasteiger partial charge in [0, 0.05) is 18.0 Å². The summed E-state index contributed by atoms with van der Waals surface area (Å²) in [5.74, 6) is 2.05. The molecule has 3 N–H and O–H groups in total. The largest absolute Gasteiger partial charge is 0.370 e. The van der Waals surface area contributed by atoms with Crippen LogP contribution in [0.3, 0.4) is 0 Å². The monoisotopic (exact) mass is 232 g/mol. The topological polar surface area (TPSA) is 63.8 Å². The second-order valence-corrected chi connectivity index (χ2v) is 5.16. The van der Waals surface area contributed by atoms with E-state index < -0.39 is 0 Å². The molecule has 0 atom stereocenters. The van der Waals surface area contributed by atoms with Crippen LogP contribution in [0.5, 0.6) is 0 Å². The van der Waals surface area contributed by atoms with Gasteiger partial charge in [0.1, 0.15) is 5.82 Å². The Bertz CT molecular complexity index is 410. The average molecular weight is 232 g/mol. The van der Waals surface area contributed by atoms with Crippen molar-refractivity contribution in [1.82, 2.24) is 9.97 Å². The minimum atomic E-state index is 0.431. The molecule has 0 amide bonds. The molecule has 1 aromatic rings. The summed E-state index contributed by atoms with van der Waals surface area (Å²) >= 11 is 0. The first-order valence-electron chi connectivity index (χ1n) is 6.75.